The first-order valence-electron chi connectivity index (χ1n) is 4.72. The van der Waals surface area contributed by atoms with Crippen LogP contribution in [0.1, 0.15) is 19.4 Å². The number of hydrazone groups is 1. The summed E-state index contributed by atoms with van der Waals surface area (Å²) in [6, 6.07) is 8.01. The highest BCUT2D eigenvalue weighted by atomic mass is 32.1. The molecule has 80 valence electrons. The monoisotopic (exact) mass is 221 g/mol. The van der Waals surface area contributed by atoms with Crippen LogP contribution in [0.25, 0.3) is 0 Å². The standard InChI is InChI=1S/C11H15N3S/c1-8(2)13-14-11(15)12-10-6-4-9(3)5-7-10/h4-7H,1-3H3,(H2,12,14,15). The number of rotatable bonds is 2. The molecule has 0 spiro atoms. The summed E-state index contributed by atoms with van der Waals surface area (Å²) in [5.74, 6) is 0. The third kappa shape index (κ3) is 4.56. The summed E-state index contributed by atoms with van der Waals surface area (Å²) >= 11 is 5.06. The summed E-state index contributed by atoms with van der Waals surface area (Å²) in [4.78, 5) is 0. The van der Waals surface area contributed by atoms with Gasteiger partial charge in [0.15, 0.2) is 5.11 Å². The molecule has 3 nitrogen and oxygen atoms in total. The molecule has 4 heteroatoms. The molecule has 0 heterocycles. The highest BCUT2D eigenvalue weighted by molar-refractivity contribution is 7.80. The van der Waals surface area contributed by atoms with Crippen LogP contribution >= 0.6 is 12.2 Å². The average molecular weight is 221 g/mol. The molecule has 0 saturated heterocycles. The zero-order valence-electron chi connectivity index (χ0n) is 9.16. The number of nitrogens with zero attached hydrogens (tertiary/aromatic N) is 1. The van der Waals surface area contributed by atoms with Crippen molar-refractivity contribution < 1.29 is 0 Å². The van der Waals surface area contributed by atoms with Crippen molar-refractivity contribution >= 4 is 28.7 Å². The molecule has 1 rings (SSSR count). The SMILES string of the molecule is CC(C)=NNC(=S)Nc1ccc(C)cc1. The zero-order valence-corrected chi connectivity index (χ0v) is 9.98. The Bertz CT molecular complexity index is 364. The number of hydrogen-bond donors (Lipinski definition) is 2. The minimum absolute atomic E-state index is 0.500. The Balaban J connectivity index is 2.51. The fourth-order valence-corrected chi connectivity index (χ4v) is 1.12. The molecule has 0 atom stereocenters. The Kier molecular flexibility index (Phi) is 4.24. The van der Waals surface area contributed by atoms with E-state index in [9.17, 15) is 0 Å². The van der Waals surface area contributed by atoms with Crippen LogP contribution in [0.15, 0.2) is 29.4 Å². The molecular formula is C11H15N3S. The zero-order chi connectivity index (χ0) is 11.3. The van der Waals surface area contributed by atoms with Gasteiger partial charge in [-0.15, -0.1) is 0 Å². The van der Waals surface area contributed by atoms with Crippen LogP contribution in [0.2, 0.25) is 0 Å². The van der Waals surface area contributed by atoms with E-state index in [2.05, 4.69) is 15.8 Å². The van der Waals surface area contributed by atoms with Gasteiger partial charge in [-0.05, 0) is 45.1 Å². The highest BCUT2D eigenvalue weighted by Gasteiger charge is 1.95. The van der Waals surface area contributed by atoms with Crippen LogP contribution in [-0.4, -0.2) is 10.8 Å². The van der Waals surface area contributed by atoms with Crippen molar-refractivity contribution in [2.45, 2.75) is 20.8 Å². The maximum atomic E-state index is 5.06. The van der Waals surface area contributed by atoms with Crippen LogP contribution < -0.4 is 10.7 Å². The van der Waals surface area contributed by atoms with Crippen molar-refractivity contribution in [1.29, 1.82) is 0 Å². The number of anilines is 1. The largest absolute Gasteiger partial charge is 0.331 e. The van der Waals surface area contributed by atoms with Crippen molar-refractivity contribution in [3.8, 4) is 0 Å². The Morgan fingerprint density at radius 3 is 2.33 bits per heavy atom. The van der Waals surface area contributed by atoms with Gasteiger partial charge in [-0.2, -0.15) is 5.10 Å². The molecule has 1 aromatic carbocycles. The van der Waals surface area contributed by atoms with E-state index in [1.54, 1.807) is 0 Å². The normalized spacial score (nSPS) is 9.27. The molecule has 0 saturated carbocycles. The summed E-state index contributed by atoms with van der Waals surface area (Å²) in [6.45, 7) is 5.86. The number of thiocarbonyl (C=S) groups is 1. The van der Waals surface area contributed by atoms with E-state index in [4.69, 9.17) is 12.2 Å². The molecule has 0 amide bonds. The summed E-state index contributed by atoms with van der Waals surface area (Å²) in [5, 5.41) is 7.54. The van der Waals surface area contributed by atoms with Gasteiger partial charge in [0.05, 0.1) is 0 Å². The maximum absolute atomic E-state index is 5.06. The lowest BCUT2D eigenvalue weighted by Crippen LogP contribution is -2.24. The van der Waals surface area contributed by atoms with Gasteiger partial charge in [-0.1, -0.05) is 17.7 Å². The van der Waals surface area contributed by atoms with Crippen molar-refractivity contribution in [2.24, 2.45) is 5.10 Å². The van der Waals surface area contributed by atoms with Crippen molar-refractivity contribution in [3.05, 3.63) is 29.8 Å². The topological polar surface area (TPSA) is 36.4 Å². The number of hydrogen-bond acceptors (Lipinski definition) is 2. The third-order valence-electron chi connectivity index (χ3n) is 1.69. The molecule has 1 aromatic rings. The Morgan fingerprint density at radius 1 is 1.20 bits per heavy atom. The van der Waals surface area contributed by atoms with Gasteiger partial charge in [-0.25, -0.2) is 0 Å². The predicted molar refractivity (Wildman–Crippen MR) is 69.3 cm³/mol. The van der Waals surface area contributed by atoms with Crippen molar-refractivity contribution in [1.82, 2.24) is 5.43 Å². The minimum atomic E-state index is 0.500. The van der Waals surface area contributed by atoms with Gasteiger partial charge in [-0.3, -0.25) is 5.43 Å². The van der Waals surface area contributed by atoms with Gasteiger partial charge in [0.25, 0.3) is 0 Å². The van der Waals surface area contributed by atoms with Crippen LogP contribution in [0.5, 0.6) is 0 Å². The maximum Gasteiger partial charge on any atom is 0.191 e. The van der Waals surface area contributed by atoms with Gasteiger partial charge in [0.2, 0.25) is 0 Å². The van der Waals surface area contributed by atoms with Crippen LogP contribution in [0, 0.1) is 6.92 Å². The fourth-order valence-electron chi connectivity index (χ4n) is 0.959. The molecule has 0 radical (unpaired) electrons. The van der Waals surface area contributed by atoms with Crippen LogP contribution in [0.4, 0.5) is 5.69 Å². The molecule has 0 fully saturated rings. The van der Waals surface area contributed by atoms with E-state index in [1.807, 2.05) is 45.0 Å². The predicted octanol–water partition coefficient (Wildman–Crippen LogP) is 2.68. The van der Waals surface area contributed by atoms with Crippen molar-refractivity contribution in [3.63, 3.8) is 0 Å². The quantitative estimate of drug-likeness (QED) is 0.458. The van der Waals surface area contributed by atoms with E-state index in [0.29, 0.717) is 5.11 Å². The fraction of sp³-hybridized carbons (Fsp3) is 0.273. The molecule has 0 aliphatic carbocycles. The third-order valence-corrected chi connectivity index (χ3v) is 1.88. The second kappa shape index (κ2) is 5.46. The van der Waals surface area contributed by atoms with E-state index in [-0.39, 0.29) is 0 Å². The molecule has 0 bridgehead atoms. The van der Waals surface area contributed by atoms with Crippen LogP contribution in [-0.2, 0) is 0 Å². The Morgan fingerprint density at radius 2 is 1.80 bits per heavy atom. The first-order valence-corrected chi connectivity index (χ1v) is 5.13. The summed E-state index contributed by atoms with van der Waals surface area (Å²) in [5.41, 5.74) is 5.87. The molecule has 0 unspecified atom stereocenters. The second-order valence-electron chi connectivity index (χ2n) is 3.49. The second-order valence-corrected chi connectivity index (χ2v) is 3.90. The smallest absolute Gasteiger partial charge is 0.191 e. The Labute approximate surface area is 95.6 Å². The lowest BCUT2D eigenvalue weighted by atomic mass is 10.2. The number of nitrogens with one attached hydrogen (secondary N) is 2. The molecule has 0 aliphatic rings. The minimum Gasteiger partial charge on any atom is -0.331 e. The van der Waals surface area contributed by atoms with Gasteiger partial charge in [0, 0.05) is 11.4 Å². The number of aryl methyl sites for hydroxylation is 1. The average Bonchev–Trinajstić information content (AvgIpc) is 2.19. The van der Waals surface area contributed by atoms with E-state index in [1.165, 1.54) is 5.56 Å². The van der Waals surface area contributed by atoms with Gasteiger partial charge < -0.3 is 5.32 Å². The molecule has 0 aliphatic heterocycles. The van der Waals surface area contributed by atoms with E-state index >= 15 is 0 Å². The lowest BCUT2D eigenvalue weighted by molar-refractivity contribution is 1.03. The molecular weight excluding hydrogens is 206 g/mol. The molecule has 0 aromatic heterocycles. The number of benzene rings is 1. The first-order chi connectivity index (χ1) is 7.08. The first kappa shape index (κ1) is 11.7. The van der Waals surface area contributed by atoms with Crippen molar-refractivity contribution in [2.75, 3.05) is 5.32 Å². The summed E-state index contributed by atoms with van der Waals surface area (Å²) in [6.07, 6.45) is 0. The summed E-state index contributed by atoms with van der Waals surface area (Å²) < 4.78 is 0. The Hall–Kier alpha value is -1.42. The van der Waals surface area contributed by atoms with Crippen LogP contribution in [0.3, 0.4) is 0 Å². The van der Waals surface area contributed by atoms with Gasteiger partial charge >= 0.3 is 0 Å². The molecule has 15 heavy (non-hydrogen) atoms. The molecule has 2 N–H and O–H groups in total. The van der Waals surface area contributed by atoms with E-state index < -0.39 is 0 Å². The summed E-state index contributed by atoms with van der Waals surface area (Å²) in [7, 11) is 0. The van der Waals surface area contributed by atoms with E-state index in [0.717, 1.165) is 11.4 Å². The van der Waals surface area contributed by atoms with Gasteiger partial charge in [0.1, 0.15) is 0 Å². The highest BCUT2D eigenvalue weighted by Crippen LogP contribution is 2.07. The lowest BCUT2D eigenvalue weighted by Gasteiger charge is -2.07.